The highest BCUT2D eigenvalue weighted by atomic mass is 32.2. The summed E-state index contributed by atoms with van der Waals surface area (Å²) in [7, 11) is 4.42. The first kappa shape index (κ1) is 20.4. The van der Waals surface area contributed by atoms with Crippen LogP contribution in [0.25, 0.3) is 0 Å². The van der Waals surface area contributed by atoms with E-state index in [1.54, 1.807) is 17.8 Å². The van der Waals surface area contributed by atoms with E-state index in [1.807, 2.05) is 24.5 Å². The van der Waals surface area contributed by atoms with Gasteiger partial charge in [-0.3, -0.25) is 9.59 Å². The molecule has 0 heterocycles. The number of carbonyl (C=O) groups excluding carboxylic acids is 2. The highest BCUT2D eigenvalue weighted by Gasteiger charge is 2.17. The molecule has 0 aromatic heterocycles. The molecule has 0 aliphatic carbocycles. The van der Waals surface area contributed by atoms with Gasteiger partial charge in [0.2, 0.25) is 11.7 Å². The first-order valence-electron chi connectivity index (χ1n) is 8.04. The summed E-state index contributed by atoms with van der Waals surface area (Å²) in [5, 5.41) is 5.33. The first-order valence-corrected chi connectivity index (χ1v) is 9.27. The van der Waals surface area contributed by atoms with Gasteiger partial charge in [0, 0.05) is 16.1 Å². The van der Waals surface area contributed by atoms with Crippen molar-refractivity contribution in [2.24, 2.45) is 0 Å². The van der Waals surface area contributed by atoms with Crippen LogP contribution in [0.15, 0.2) is 41.3 Å². The molecule has 2 amide bonds. The van der Waals surface area contributed by atoms with Crippen LogP contribution in [0.1, 0.15) is 10.4 Å². The minimum Gasteiger partial charge on any atom is -0.493 e. The average molecular weight is 390 g/mol. The van der Waals surface area contributed by atoms with Gasteiger partial charge in [-0.15, -0.1) is 11.8 Å². The predicted octanol–water partition coefficient (Wildman–Crippen LogP) is 2.80. The number of thioether (sulfide) groups is 1. The Kier molecular flexibility index (Phi) is 7.36. The summed E-state index contributed by atoms with van der Waals surface area (Å²) in [6.45, 7) is -0.168. The van der Waals surface area contributed by atoms with Crippen molar-refractivity contribution in [1.82, 2.24) is 5.32 Å². The molecule has 8 heteroatoms. The van der Waals surface area contributed by atoms with Crippen molar-refractivity contribution in [3.05, 3.63) is 42.0 Å². The Balaban J connectivity index is 2.03. The van der Waals surface area contributed by atoms with Gasteiger partial charge >= 0.3 is 0 Å². The van der Waals surface area contributed by atoms with E-state index in [2.05, 4.69) is 10.6 Å². The van der Waals surface area contributed by atoms with Crippen molar-refractivity contribution in [3.8, 4) is 17.2 Å². The lowest BCUT2D eigenvalue weighted by atomic mass is 10.1. The highest BCUT2D eigenvalue weighted by Crippen LogP contribution is 2.38. The van der Waals surface area contributed by atoms with Gasteiger partial charge in [0.25, 0.3) is 5.91 Å². The Morgan fingerprint density at radius 1 is 1.00 bits per heavy atom. The molecule has 0 unspecified atom stereocenters. The number of nitrogens with one attached hydrogen (secondary N) is 2. The van der Waals surface area contributed by atoms with Crippen molar-refractivity contribution < 1.29 is 23.8 Å². The maximum absolute atomic E-state index is 12.4. The van der Waals surface area contributed by atoms with E-state index in [9.17, 15) is 9.59 Å². The summed E-state index contributed by atoms with van der Waals surface area (Å²) in [6, 6.07) is 10.5. The van der Waals surface area contributed by atoms with Gasteiger partial charge in [-0.25, -0.2) is 0 Å². The van der Waals surface area contributed by atoms with Crippen LogP contribution in [0.2, 0.25) is 0 Å². The number of hydrogen-bond donors (Lipinski definition) is 2. The summed E-state index contributed by atoms with van der Waals surface area (Å²) in [5.41, 5.74) is 0.968. The zero-order valence-corrected chi connectivity index (χ0v) is 16.4. The number of methoxy groups -OCH3 is 3. The van der Waals surface area contributed by atoms with E-state index < -0.39 is 5.91 Å². The summed E-state index contributed by atoms with van der Waals surface area (Å²) in [5.74, 6) is 0.361. The van der Waals surface area contributed by atoms with Crippen LogP contribution in [0.3, 0.4) is 0 Å². The molecule has 0 atom stereocenters. The van der Waals surface area contributed by atoms with Crippen LogP contribution in [0, 0.1) is 0 Å². The summed E-state index contributed by atoms with van der Waals surface area (Å²) in [4.78, 5) is 25.5. The second kappa shape index (κ2) is 9.72. The molecule has 0 saturated carbocycles. The third-order valence-corrected chi connectivity index (χ3v) is 4.42. The van der Waals surface area contributed by atoms with E-state index in [-0.39, 0.29) is 12.5 Å². The molecule has 0 spiro atoms. The van der Waals surface area contributed by atoms with Gasteiger partial charge in [0.15, 0.2) is 11.5 Å². The Labute approximate surface area is 162 Å². The van der Waals surface area contributed by atoms with Crippen LogP contribution in [0.4, 0.5) is 5.69 Å². The van der Waals surface area contributed by atoms with Gasteiger partial charge in [0.05, 0.1) is 27.9 Å². The minimum atomic E-state index is -0.428. The van der Waals surface area contributed by atoms with Gasteiger partial charge in [-0.2, -0.15) is 0 Å². The van der Waals surface area contributed by atoms with Crippen LogP contribution in [-0.4, -0.2) is 45.9 Å². The van der Waals surface area contributed by atoms with Gasteiger partial charge in [0.1, 0.15) is 0 Å². The maximum Gasteiger partial charge on any atom is 0.251 e. The highest BCUT2D eigenvalue weighted by molar-refractivity contribution is 7.98. The average Bonchev–Trinajstić information content (AvgIpc) is 2.70. The monoisotopic (exact) mass is 390 g/mol. The van der Waals surface area contributed by atoms with E-state index >= 15 is 0 Å². The van der Waals surface area contributed by atoms with Gasteiger partial charge in [-0.1, -0.05) is 6.07 Å². The summed E-state index contributed by atoms with van der Waals surface area (Å²) >= 11 is 1.58. The molecule has 0 aliphatic heterocycles. The molecule has 0 bridgehead atoms. The minimum absolute atomic E-state index is 0.168. The second-order valence-corrected chi connectivity index (χ2v) is 6.26. The van der Waals surface area contributed by atoms with Crippen LogP contribution >= 0.6 is 11.8 Å². The number of anilines is 1. The fourth-order valence-corrected chi connectivity index (χ4v) is 2.84. The van der Waals surface area contributed by atoms with Crippen molar-refractivity contribution in [2.45, 2.75) is 4.90 Å². The van der Waals surface area contributed by atoms with E-state index in [4.69, 9.17) is 14.2 Å². The smallest absolute Gasteiger partial charge is 0.251 e. The molecule has 7 nitrogen and oxygen atoms in total. The van der Waals surface area contributed by atoms with Crippen molar-refractivity contribution >= 4 is 29.3 Å². The molecule has 0 radical (unpaired) electrons. The van der Waals surface area contributed by atoms with E-state index in [0.717, 1.165) is 4.90 Å². The molecule has 0 fully saturated rings. The first-order chi connectivity index (χ1) is 13.0. The molecular weight excluding hydrogens is 368 g/mol. The third kappa shape index (κ3) is 5.30. The standard InChI is InChI=1S/C19H22N2O5S/c1-24-15-8-12(9-16(25-2)18(15)26-3)19(23)20-11-17(22)21-13-6-5-7-14(10-13)27-4/h5-10H,11H2,1-4H3,(H,20,23)(H,21,22). The van der Waals surface area contributed by atoms with Crippen LogP contribution < -0.4 is 24.8 Å². The molecule has 2 N–H and O–H groups in total. The lowest BCUT2D eigenvalue weighted by Gasteiger charge is -2.14. The Morgan fingerprint density at radius 3 is 2.22 bits per heavy atom. The topological polar surface area (TPSA) is 85.9 Å². The number of amides is 2. The molecule has 144 valence electrons. The Hall–Kier alpha value is -2.87. The zero-order valence-electron chi connectivity index (χ0n) is 15.6. The molecule has 0 aliphatic rings. The number of carbonyl (C=O) groups is 2. The number of benzene rings is 2. The normalized spacial score (nSPS) is 10.1. The molecule has 2 aromatic carbocycles. The number of ether oxygens (including phenoxy) is 3. The molecule has 2 aromatic rings. The Bertz CT molecular complexity index is 800. The summed E-state index contributed by atoms with van der Waals surface area (Å²) in [6.07, 6.45) is 1.96. The fourth-order valence-electron chi connectivity index (χ4n) is 2.38. The quantitative estimate of drug-likeness (QED) is 0.674. The maximum atomic E-state index is 12.4. The SMILES string of the molecule is COc1cc(C(=O)NCC(=O)Nc2cccc(SC)c2)cc(OC)c1OC. The molecule has 0 saturated heterocycles. The molecule has 2 rings (SSSR count). The lowest BCUT2D eigenvalue weighted by molar-refractivity contribution is -0.115. The van der Waals surface area contributed by atoms with Crippen molar-refractivity contribution in [3.63, 3.8) is 0 Å². The molecular formula is C19H22N2O5S. The fraction of sp³-hybridized carbons (Fsp3) is 0.263. The van der Waals surface area contributed by atoms with Gasteiger partial charge < -0.3 is 24.8 Å². The van der Waals surface area contributed by atoms with Crippen molar-refractivity contribution in [1.29, 1.82) is 0 Å². The predicted molar refractivity (Wildman–Crippen MR) is 105 cm³/mol. The number of hydrogen-bond acceptors (Lipinski definition) is 6. The number of rotatable bonds is 8. The zero-order chi connectivity index (χ0) is 19.8. The lowest BCUT2D eigenvalue weighted by Crippen LogP contribution is -2.32. The van der Waals surface area contributed by atoms with Crippen molar-refractivity contribution in [2.75, 3.05) is 39.4 Å². The second-order valence-electron chi connectivity index (χ2n) is 5.38. The van der Waals surface area contributed by atoms with Crippen LogP contribution in [-0.2, 0) is 4.79 Å². The largest absolute Gasteiger partial charge is 0.493 e. The Morgan fingerprint density at radius 2 is 1.67 bits per heavy atom. The van der Waals surface area contributed by atoms with E-state index in [1.165, 1.54) is 33.5 Å². The van der Waals surface area contributed by atoms with E-state index in [0.29, 0.717) is 28.5 Å². The van der Waals surface area contributed by atoms with Gasteiger partial charge in [-0.05, 0) is 36.6 Å². The molecule has 27 heavy (non-hydrogen) atoms. The van der Waals surface area contributed by atoms with Crippen LogP contribution in [0.5, 0.6) is 17.2 Å². The third-order valence-electron chi connectivity index (χ3n) is 3.69. The summed E-state index contributed by atoms with van der Waals surface area (Å²) < 4.78 is 15.7.